The number of aliphatic hydroxyl groups excluding tert-OH is 1. The SMILES string of the molecule is O=C1N[C@H](CO)C(=O)N2CCN(Cc3ccccn3)C[C@H]12. The van der Waals surface area contributed by atoms with E-state index in [0.717, 1.165) is 5.69 Å². The van der Waals surface area contributed by atoms with Gasteiger partial charge in [-0.1, -0.05) is 6.07 Å². The minimum atomic E-state index is -0.795. The molecule has 0 radical (unpaired) electrons. The summed E-state index contributed by atoms with van der Waals surface area (Å²) in [4.78, 5) is 32.2. The van der Waals surface area contributed by atoms with Gasteiger partial charge in [0.15, 0.2) is 0 Å². The standard InChI is InChI=1S/C14H18N4O3/c19-9-11-14(21)18-6-5-17(8-12(18)13(20)16-11)7-10-3-1-2-4-15-10/h1-4,11-12,19H,5-9H2,(H,16,20)/t11-,12-/m1/s1. The average Bonchev–Trinajstić information content (AvgIpc) is 2.52. The highest BCUT2D eigenvalue weighted by molar-refractivity contribution is 5.97. The number of rotatable bonds is 3. The number of hydrogen-bond acceptors (Lipinski definition) is 5. The van der Waals surface area contributed by atoms with E-state index in [1.807, 2.05) is 18.2 Å². The van der Waals surface area contributed by atoms with Crippen molar-refractivity contribution < 1.29 is 14.7 Å². The zero-order valence-electron chi connectivity index (χ0n) is 11.6. The average molecular weight is 290 g/mol. The van der Waals surface area contributed by atoms with Crippen LogP contribution in [0.4, 0.5) is 0 Å². The molecule has 0 bridgehead atoms. The van der Waals surface area contributed by atoms with Crippen molar-refractivity contribution in [3.05, 3.63) is 30.1 Å². The molecule has 7 nitrogen and oxygen atoms in total. The van der Waals surface area contributed by atoms with Crippen LogP contribution in [-0.2, 0) is 16.1 Å². The first kappa shape index (κ1) is 14.0. The zero-order valence-corrected chi connectivity index (χ0v) is 11.6. The van der Waals surface area contributed by atoms with Gasteiger partial charge >= 0.3 is 0 Å². The molecular formula is C14H18N4O3. The molecule has 3 heterocycles. The van der Waals surface area contributed by atoms with Crippen LogP contribution in [-0.4, -0.2) is 70.0 Å². The third-order valence-corrected chi connectivity index (χ3v) is 3.96. The molecule has 112 valence electrons. The Morgan fingerprint density at radius 2 is 2.19 bits per heavy atom. The summed E-state index contributed by atoms with van der Waals surface area (Å²) in [6.07, 6.45) is 1.74. The Morgan fingerprint density at radius 3 is 2.90 bits per heavy atom. The van der Waals surface area contributed by atoms with Gasteiger partial charge in [0.1, 0.15) is 12.1 Å². The Bertz CT molecular complexity index is 536. The topological polar surface area (TPSA) is 85.8 Å². The smallest absolute Gasteiger partial charge is 0.248 e. The predicted octanol–water partition coefficient (Wildman–Crippen LogP) is -1.41. The fraction of sp³-hybridized carbons (Fsp3) is 0.500. The highest BCUT2D eigenvalue weighted by atomic mass is 16.3. The Balaban J connectivity index is 1.68. The van der Waals surface area contributed by atoms with Crippen LogP contribution in [0.2, 0.25) is 0 Å². The second-order valence-corrected chi connectivity index (χ2v) is 5.35. The molecule has 2 fully saturated rings. The van der Waals surface area contributed by atoms with Crippen molar-refractivity contribution in [2.24, 2.45) is 0 Å². The number of nitrogens with zero attached hydrogens (tertiary/aromatic N) is 3. The number of piperazine rings is 2. The Hall–Kier alpha value is -1.99. The third kappa shape index (κ3) is 2.74. The van der Waals surface area contributed by atoms with E-state index in [1.165, 1.54) is 0 Å². The van der Waals surface area contributed by atoms with Gasteiger partial charge in [-0.3, -0.25) is 19.5 Å². The van der Waals surface area contributed by atoms with Gasteiger partial charge in [0.05, 0.1) is 12.3 Å². The van der Waals surface area contributed by atoms with Gasteiger partial charge in [-0.25, -0.2) is 0 Å². The van der Waals surface area contributed by atoms with E-state index in [4.69, 9.17) is 5.11 Å². The maximum Gasteiger partial charge on any atom is 0.248 e. The van der Waals surface area contributed by atoms with Crippen molar-refractivity contribution >= 4 is 11.8 Å². The molecule has 0 unspecified atom stereocenters. The zero-order chi connectivity index (χ0) is 14.8. The van der Waals surface area contributed by atoms with Gasteiger partial charge in [-0.15, -0.1) is 0 Å². The number of carbonyl (C=O) groups excluding carboxylic acids is 2. The monoisotopic (exact) mass is 290 g/mol. The molecule has 2 saturated heterocycles. The lowest BCUT2D eigenvalue weighted by Gasteiger charge is -2.44. The fourth-order valence-electron chi connectivity index (χ4n) is 2.85. The molecule has 2 aliphatic rings. The normalized spacial score (nSPS) is 26.4. The van der Waals surface area contributed by atoms with Gasteiger partial charge in [0, 0.05) is 32.4 Å². The van der Waals surface area contributed by atoms with Crippen LogP contribution in [0.3, 0.4) is 0 Å². The van der Waals surface area contributed by atoms with E-state index in [-0.39, 0.29) is 18.4 Å². The molecule has 0 aromatic carbocycles. The minimum absolute atomic E-state index is 0.195. The molecule has 0 saturated carbocycles. The first-order valence-corrected chi connectivity index (χ1v) is 7.03. The van der Waals surface area contributed by atoms with E-state index >= 15 is 0 Å². The fourth-order valence-corrected chi connectivity index (χ4v) is 2.85. The molecule has 2 atom stereocenters. The molecule has 2 amide bonds. The van der Waals surface area contributed by atoms with Crippen molar-refractivity contribution in [1.29, 1.82) is 0 Å². The van der Waals surface area contributed by atoms with Crippen molar-refractivity contribution in [3.8, 4) is 0 Å². The molecule has 1 aromatic heterocycles. The molecule has 0 spiro atoms. The number of carbonyl (C=O) groups is 2. The summed E-state index contributed by atoms with van der Waals surface area (Å²) in [5.41, 5.74) is 0.946. The maximum absolute atomic E-state index is 12.1. The Morgan fingerprint density at radius 1 is 1.33 bits per heavy atom. The van der Waals surface area contributed by atoms with E-state index in [0.29, 0.717) is 26.2 Å². The van der Waals surface area contributed by atoms with Gasteiger partial charge in [0.2, 0.25) is 11.8 Å². The lowest BCUT2D eigenvalue weighted by Crippen LogP contribution is -2.69. The van der Waals surface area contributed by atoms with Crippen molar-refractivity contribution in [2.75, 3.05) is 26.2 Å². The molecule has 2 N–H and O–H groups in total. The number of amides is 2. The number of aliphatic hydroxyl groups is 1. The quantitative estimate of drug-likeness (QED) is 0.714. The van der Waals surface area contributed by atoms with Crippen molar-refractivity contribution in [3.63, 3.8) is 0 Å². The Labute approximate surface area is 122 Å². The first-order valence-electron chi connectivity index (χ1n) is 7.03. The van der Waals surface area contributed by atoms with Crippen LogP contribution < -0.4 is 5.32 Å². The second kappa shape index (κ2) is 5.79. The summed E-state index contributed by atoms with van der Waals surface area (Å²) in [5, 5.41) is 11.7. The summed E-state index contributed by atoms with van der Waals surface area (Å²) in [6, 6.07) is 4.47. The highest BCUT2D eigenvalue weighted by Crippen LogP contribution is 2.17. The number of fused-ring (bicyclic) bond motifs is 1. The Kier molecular flexibility index (Phi) is 3.85. The number of pyridine rings is 1. The van der Waals surface area contributed by atoms with Crippen molar-refractivity contribution in [2.45, 2.75) is 18.6 Å². The van der Waals surface area contributed by atoms with E-state index in [1.54, 1.807) is 11.1 Å². The molecular weight excluding hydrogens is 272 g/mol. The van der Waals surface area contributed by atoms with E-state index in [2.05, 4.69) is 15.2 Å². The molecule has 21 heavy (non-hydrogen) atoms. The lowest BCUT2D eigenvalue weighted by molar-refractivity contribution is -0.154. The van der Waals surface area contributed by atoms with E-state index < -0.39 is 12.1 Å². The molecule has 0 aliphatic carbocycles. The minimum Gasteiger partial charge on any atom is -0.394 e. The lowest BCUT2D eigenvalue weighted by atomic mass is 10.0. The summed E-state index contributed by atoms with van der Waals surface area (Å²) in [7, 11) is 0. The van der Waals surface area contributed by atoms with Gasteiger partial charge in [0.25, 0.3) is 0 Å². The number of nitrogens with one attached hydrogen (secondary N) is 1. The number of hydrogen-bond donors (Lipinski definition) is 2. The number of aromatic nitrogens is 1. The maximum atomic E-state index is 12.1. The summed E-state index contributed by atoms with van der Waals surface area (Å²) in [6.45, 7) is 2.00. The first-order chi connectivity index (χ1) is 10.2. The molecule has 3 rings (SSSR count). The van der Waals surface area contributed by atoms with E-state index in [9.17, 15) is 9.59 Å². The van der Waals surface area contributed by atoms with Crippen molar-refractivity contribution in [1.82, 2.24) is 20.1 Å². The third-order valence-electron chi connectivity index (χ3n) is 3.96. The summed E-state index contributed by atoms with van der Waals surface area (Å²) >= 11 is 0. The largest absolute Gasteiger partial charge is 0.394 e. The molecule has 7 heteroatoms. The highest BCUT2D eigenvalue weighted by Gasteiger charge is 2.43. The van der Waals surface area contributed by atoms with Gasteiger partial charge in [-0.2, -0.15) is 0 Å². The molecule has 2 aliphatic heterocycles. The van der Waals surface area contributed by atoms with Gasteiger partial charge in [-0.05, 0) is 12.1 Å². The molecule has 1 aromatic rings. The van der Waals surface area contributed by atoms with Crippen LogP contribution in [0, 0.1) is 0 Å². The van der Waals surface area contributed by atoms with Crippen LogP contribution in [0.25, 0.3) is 0 Å². The van der Waals surface area contributed by atoms with Crippen LogP contribution >= 0.6 is 0 Å². The van der Waals surface area contributed by atoms with Gasteiger partial charge < -0.3 is 15.3 Å². The van der Waals surface area contributed by atoms with Crippen LogP contribution in [0.5, 0.6) is 0 Å². The van der Waals surface area contributed by atoms with Crippen LogP contribution in [0.15, 0.2) is 24.4 Å². The second-order valence-electron chi connectivity index (χ2n) is 5.35. The van der Waals surface area contributed by atoms with Crippen LogP contribution in [0.1, 0.15) is 5.69 Å². The summed E-state index contributed by atoms with van der Waals surface area (Å²) in [5.74, 6) is -0.390. The summed E-state index contributed by atoms with van der Waals surface area (Å²) < 4.78 is 0. The predicted molar refractivity (Wildman–Crippen MR) is 74.0 cm³/mol.